The van der Waals surface area contributed by atoms with Crippen molar-refractivity contribution in [2.45, 2.75) is 19.4 Å². The summed E-state index contributed by atoms with van der Waals surface area (Å²) in [5.74, 6) is 0.397. The van der Waals surface area contributed by atoms with Gasteiger partial charge in [-0.15, -0.1) is 0 Å². The Morgan fingerprint density at radius 3 is 2.58 bits per heavy atom. The predicted octanol–water partition coefficient (Wildman–Crippen LogP) is 2.15. The highest BCUT2D eigenvalue weighted by molar-refractivity contribution is 5.97. The first kappa shape index (κ1) is 16.1. The van der Waals surface area contributed by atoms with Crippen molar-refractivity contribution in [1.29, 1.82) is 0 Å². The monoisotopic (exact) mass is 328 g/mol. The number of nitrogens with zero attached hydrogens (tertiary/aromatic N) is 1. The number of piperidine rings is 1. The molecule has 2 amide bonds. The fourth-order valence-corrected chi connectivity index (χ4v) is 2.90. The molecule has 2 heterocycles. The summed E-state index contributed by atoms with van der Waals surface area (Å²) in [6, 6.07) is 10.1. The zero-order valence-electron chi connectivity index (χ0n) is 13.3. The van der Waals surface area contributed by atoms with Crippen molar-refractivity contribution in [2.75, 3.05) is 13.1 Å². The summed E-state index contributed by atoms with van der Waals surface area (Å²) in [5.41, 5.74) is 0.304. The molecule has 1 aromatic heterocycles. The summed E-state index contributed by atoms with van der Waals surface area (Å²) in [4.78, 5) is 26.3. The number of phenolic OH excluding ortho intramolecular Hbond substituents is 1. The van der Waals surface area contributed by atoms with Gasteiger partial charge in [0.2, 0.25) is 5.91 Å². The van der Waals surface area contributed by atoms with Crippen molar-refractivity contribution in [3.63, 3.8) is 0 Å². The van der Waals surface area contributed by atoms with Gasteiger partial charge in [0.25, 0.3) is 5.91 Å². The minimum atomic E-state index is -0.192. The Labute approximate surface area is 140 Å². The lowest BCUT2D eigenvalue weighted by molar-refractivity contribution is -0.126. The zero-order valence-corrected chi connectivity index (χ0v) is 13.3. The first-order valence-corrected chi connectivity index (χ1v) is 8.02. The van der Waals surface area contributed by atoms with Gasteiger partial charge in [-0.25, -0.2) is 0 Å². The Bertz CT molecular complexity index is 704. The normalized spacial score (nSPS) is 15.2. The number of phenols is 1. The molecule has 1 saturated heterocycles. The summed E-state index contributed by atoms with van der Waals surface area (Å²) in [7, 11) is 0. The lowest BCUT2D eigenvalue weighted by Crippen LogP contribution is -2.42. The lowest BCUT2D eigenvalue weighted by atomic mass is 9.95. The molecule has 1 fully saturated rings. The molecule has 0 unspecified atom stereocenters. The molecule has 1 aliphatic heterocycles. The Hall–Kier alpha value is -2.76. The van der Waals surface area contributed by atoms with E-state index in [-0.39, 0.29) is 23.5 Å². The number of likely N-dealkylation sites (tertiary alicyclic amines) is 1. The lowest BCUT2D eigenvalue weighted by Gasteiger charge is -2.31. The largest absolute Gasteiger partial charge is 0.507 e. The molecule has 0 bridgehead atoms. The van der Waals surface area contributed by atoms with Gasteiger partial charge in [0.15, 0.2) is 0 Å². The maximum Gasteiger partial charge on any atom is 0.257 e. The minimum absolute atomic E-state index is 0.0129. The number of nitrogens with one attached hydrogen (secondary N) is 1. The average molecular weight is 328 g/mol. The Balaban J connectivity index is 1.51. The molecule has 0 aliphatic carbocycles. The average Bonchev–Trinajstić information content (AvgIpc) is 3.13. The second kappa shape index (κ2) is 7.21. The second-order valence-corrected chi connectivity index (χ2v) is 5.88. The zero-order chi connectivity index (χ0) is 16.9. The van der Waals surface area contributed by atoms with Gasteiger partial charge < -0.3 is 19.7 Å². The van der Waals surface area contributed by atoms with E-state index in [1.165, 1.54) is 6.07 Å². The van der Waals surface area contributed by atoms with Crippen LogP contribution in [0.15, 0.2) is 47.1 Å². The van der Waals surface area contributed by atoms with Crippen LogP contribution in [0.5, 0.6) is 5.75 Å². The fourth-order valence-electron chi connectivity index (χ4n) is 2.90. The number of benzene rings is 1. The van der Waals surface area contributed by atoms with Crippen LogP contribution in [0.1, 0.15) is 29.0 Å². The molecule has 6 heteroatoms. The number of rotatable bonds is 4. The van der Waals surface area contributed by atoms with Crippen LogP contribution in [0.25, 0.3) is 0 Å². The van der Waals surface area contributed by atoms with Crippen LogP contribution < -0.4 is 5.32 Å². The van der Waals surface area contributed by atoms with E-state index in [9.17, 15) is 14.7 Å². The summed E-state index contributed by atoms with van der Waals surface area (Å²) < 4.78 is 5.19. The maximum atomic E-state index is 12.4. The smallest absolute Gasteiger partial charge is 0.257 e. The number of para-hydroxylation sites is 1. The molecule has 24 heavy (non-hydrogen) atoms. The number of aromatic hydroxyl groups is 1. The third-order valence-electron chi connectivity index (χ3n) is 4.30. The van der Waals surface area contributed by atoms with Crippen molar-refractivity contribution in [3.05, 3.63) is 54.0 Å². The van der Waals surface area contributed by atoms with E-state index in [1.54, 1.807) is 35.4 Å². The Morgan fingerprint density at radius 1 is 1.17 bits per heavy atom. The summed E-state index contributed by atoms with van der Waals surface area (Å²) in [6.45, 7) is 1.39. The number of carbonyl (C=O) groups excluding carboxylic acids is 2. The highest BCUT2D eigenvalue weighted by Gasteiger charge is 2.28. The number of amides is 2. The molecule has 2 N–H and O–H groups in total. The van der Waals surface area contributed by atoms with Gasteiger partial charge in [-0.1, -0.05) is 12.1 Å². The van der Waals surface area contributed by atoms with E-state index in [0.717, 1.165) is 5.76 Å². The van der Waals surface area contributed by atoms with Gasteiger partial charge in [0.05, 0.1) is 18.4 Å². The van der Waals surface area contributed by atoms with Gasteiger partial charge in [-0.05, 0) is 37.1 Å². The van der Waals surface area contributed by atoms with Crippen LogP contribution in [0.3, 0.4) is 0 Å². The third-order valence-corrected chi connectivity index (χ3v) is 4.30. The Morgan fingerprint density at radius 2 is 1.92 bits per heavy atom. The van der Waals surface area contributed by atoms with Crippen LogP contribution in [0.4, 0.5) is 0 Å². The molecule has 1 aliphatic rings. The standard InChI is InChI=1S/C18H20N2O4/c21-16-6-2-1-5-15(16)18(23)20-9-7-13(8-10-20)17(22)19-12-14-4-3-11-24-14/h1-6,11,13,21H,7-10,12H2,(H,19,22). The highest BCUT2D eigenvalue weighted by Crippen LogP contribution is 2.23. The molecule has 3 rings (SSSR count). The number of carbonyl (C=O) groups is 2. The maximum absolute atomic E-state index is 12.4. The fraction of sp³-hybridized carbons (Fsp3) is 0.333. The molecule has 2 aromatic rings. The van der Waals surface area contributed by atoms with Crippen LogP contribution >= 0.6 is 0 Å². The van der Waals surface area contributed by atoms with Crippen molar-refractivity contribution >= 4 is 11.8 Å². The van der Waals surface area contributed by atoms with Crippen molar-refractivity contribution < 1.29 is 19.1 Å². The predicted molar refractivity (Wildman–Crippen MR) is 87.3 cm³/mol. The van der Waals surface area contributed by atoms with Crippen LogP contribution in [-0.2, 0) is 11.3 Å². The number of hydrogen-bond acceptors (Lipinski definition) is 4. The minimum Gasteiger partial charge on any atom is -0.507 e. The molecule has 6 nitrogen and oxygen atoms in total. The molecule has 126 valence electrons. The molecular formula is C18H20N2O4. The molecule has 1 aromatic carbocycles. The van der Waals surface area contributed by atoms with Crippen LogP contribution in [-0.4, -0.2) is 34.9 Å². The first-order valence-electron chi connectivity index (χ1n) is 8.02. The van der Waals surface area contributed by atoms with Gasteiger partial charge in [-0.2, -0.15) is 0 Å². The van der Waals surface area contributed by atoms with Gasteiger partial charge in [0.1, 0.15) is 11.5 Å². The second-order valence-electron chi connectivity index (χ2n) is 5.88. The third kappa shape index (κ3) is 3.59. The molecule has 0 radical (unpaired) electrons. The highest BCUT2D eigenvalue weighted by atomic mass is 16.3. The quantitative estimate of drug-likeness (QED) is 0.901. The van der Waals surface area contributed by atoms with Gasteiger partial charge in [0, 0.05) is 19.0 Å². The van der Waals surface area contributed by atoms with E-state index < -0.39 is 0 Å². The van der Waals surface area contributed by atoms with E-state index >= 15 is 0 Å². The van der Waals surface area contributed by atoms with Crippen LogP contribution in [0.2, 0.25) is 0 Å². The van der Waals surface area contributed by atoms with E-state index in [0.29, 0.717) is 38.0 Å². The first-order chi connectivity index (χ1) is 11.6. The SMILES string of the molecule is O=C(NCc1ccco1)C1CCN(C(=O)c2ccccc2O)CC1. The summed E-state index contributed by atoms with van der Waals surface area (Å²) in [5, 5.41) is 12.7. The van der Waals surface area contributed by atoms with Crippen molar-refractivity contribution in [1.82, 2.24) is 10.2 Å². The van der Waals surface area contributed by atoms with E-state index in [1.807, 2.05) is 6.07 Å². The number of furan rings is 1. The van der Waals surface area contributed by atoms with Gasteiger partial charge >= 0.3 is 0 Å². The molecule has 0 atom stereocenters. The number of hydrogen-bond donors (Lipinski definition) is 2. The Kier molecular flexibility index (Phi) is 4.84. The van der Waals surface area contributed by atoms with Crippen LogP contribution in [0, 0.1) is 5.92 Å². The topological polar surface area (TPSA) is 82.8 Å². The molecular weight excluding hydrogens is 308 g/mol. The van der Waals surface area contributed by atoms with E-state index in [4.69, 9.17) is 4.42 Å². The molecule has 0 saturated carbocycles. The summed E-state index contributed by atoms with van der Waals surface area (Å²) in [6.07, 6.45) is 2.80. The summed E-state index contributed by atoms with van der Waals surface area (Å²) >= 11 is 0. The molecule has 0 spiro atoms. The van der Waals surface area contributed by atoms with Crippen molar-refractivity contribution in [2.24, 2.45) is 5.92 Å². The van der Waals surface area contributed by atoms with E-state index in [2.05, 4.69) is 5.32 Å². The van der Waals surface area contributed by atoms with Gasteiger partial charge in [-0.3, -0.25) is 9.59 Å². The van der Waals surface area contributed by atoms with Crippen molar-refractivity contribution in [3.8, 4) is 5.75 Å².